The van der Waals surface area contributed by atoms with Crippen molar-refractivity contribution in [2.24, 2.45) is 11.7 Å². The van der Waals surface area contributed by atoms with Crippen molar-refractivity contribution >= 4 is 0 Å². The van der Waals surface area contributed by atoms with Gasteiger partial charge in [0.15, 0.2) is 0 Å². The molecule has 0 bridgehead atoms. The molecule has 3 nitrogen and oxygen atoms in total. The maximum absolute atomic E-state index is 5.92. The summed E-state index contributed by atoms with van der Waals surface area (Å²) in [7, 11) is 0. The van der Waals surface area contributed by atoms with Crippen LogP contribution >= 0.6 is 0 Å². The van der Waals surface area contributed by atoms with Crippen LogP contribution in [-0.2, 0) is 17.9 Å². The molecule has 2 rings (SSSR count). The molecular formula is C13H22N2O. The molecule has 3 heteroatoms. The Bertz CT molecular complexity index is 317. The molecule has 1 heterocycles. The predicted molar refractivity (Wildman–Crippen MR) is 65.1 cm³/mol. The summed E-state index contributed by atoms with van der Waals surface area (Å²) < 4.78 is 7.72. The van der Waals surface area contributed by atoms with E-state index in [1.807, 2.05) is 0 Å². The molecule has 2 N–H and O–H groups in total. The number of rotatable bonds is 7. The fourth-order valence-corrected chi connectivity index (χ4v) is 1.75. The molecule has 1 aromatic heterocycles. The summed E-state index contributed by atoms with van der Waals surface area (Å²) in [5.41, 5.74) is 7.23. The van der Waals surface area contributed by atoms with Crippen LogP contribution in [0.2, 0.25) is 0 Å². The van der Waals surface area contributed by atoms with Crippen molar-refractivity contribution < 1.29 is 4.74 Å². The zero-order valence-electron chi connectivity index (χ0n) is 10.1. The van der Waals surface area contributed by atoms with Crippen LogP contribution < -0.4 is 5.73 Å². The lowest BCUT2D eigenvalue weighted by molar-refractivity contribution is 0.0692. The topological polar surface area (TPSA) is 40.2 Å². The van der Waals surface area contributed by atoms with Crippen molar-refractivity contribution in [3.63, 3.8) is 0 Å². The Morgan fingerprint density at radius 1 is 1.56 bits per heavy atom. The van der Waals surface area contributed by atoms with E-state index in [1.165, 1.54) is 18.4 Å². The Hall–Kier alpha value is -0.800. The summed E-state index contributed by atoms with van der Waals surface area (Å²) in [5, 5.41) is 0. The van der Waals surface area contributed by atoms with Crippen LogP contribution in [0.3, 0.4) is 0 Å². The summed E-state index contributed by atoms with van der Waals surface area (Å²) in [6.07, 6.45) is 8.91. The highest BCUT2D eigenvalue weighted by Crippen LogP contribution is 2.28. The Morgan fingerprint density at radius 2 is 2.38 bits per heavy atom. The molecule has 16 heavy (non-hydrogen) atoms. The minimum Gasteiger partial charge on any atom is -0.361 e. The number of nitrogens with two attached hydrogens (primary N) is 1. The van der Waals surface area contributed by atoms with Crippen LogP contribution in [0.15, 0.2) is 18.5 Å². The third-order valence-corrected chi connectivity index (χ3v) is 3.12. The molecular weight excluding hydrogens is 200 g/mol. The highest BCUT2D eigenvalue weighted by molar-refractivity contribution is 5.11. The van der Waals surface area contributed by atoms with Gasteiger partial charge in [0.25, 0.3) is 0 Å². The number of ether oxygens (including phenoxy) is 1. The standard InChI is InChI=1S/C13H22N2O/c1-2-13(14)7-12-5-6-15(8-12)10-16-9-11-3-4-11/h5-6,8,11,13H,2-4,7,9-10,14H2,1H3. The second-order valence-corrected chi connectivity index (χ2v) is 4.85. The molecule has 1 atom stereocenters. The van der Waals surface area contributed by atoms with Gasteiger partial charge in [0.1, 0.15) is 6.73 Å². The van der Waals surface area contributed by atoms with Crippen LogP contribution in [0.25, 0.3) is 0 Å². The molecule has 1 fully saturated rings. The number of aromatic nitrogens is 1. The van der Waals surface area contributed by atoms with Crippen molar-refractivity contribution in [1.29, 1.82) is 0 Å². The fraction of sp³-hybridized carbons (Fsp3) is 0.692. The largest absolute Gasteiger partial charge is 0.361 e. The van der Waals surface area contributed by atoms with Crippen LogP contribution in [0.5, 0.6) is 0 Å². The maximum Gasteiger partial charge on any atom is 0.122 e. The van der Waals surface area contributed by atoms with Gasteiger partial charge in [-0.05, 0) is 43.2 Å². The molecule has 1 aliphatic carbocycles. The fourth-order valence-electron chi connectivity index (χ4n) is 1.75. The van der Waals surface area contributed by atoms with Crippen molar-refractivity contribution in [2.45, 2.75) is 45.4 Å². The molecule has 0 spiro atoms. The number of nitrogens with zero attached hydrogens (tertiary/aromatic N) is 1. The second-order valence-electron chi connectivity index (χ2n) is 4.85. The first-order valence-electron chi connectivity index (χ1n) is 6.26. The average molecular weight is 222 g/mol. The monoisotopic (exact) mass is 222 g/mol. The van der Waals surface area contributed by atoms with E-state index in [2.05, 4.69) is 30.0 Å². The van der Waals surface area contributed by atoms with Gasteiger partial charge >= 0.3 is 0 Å². The zero-order valence-corrected chi connectivity index (χ0v) is 10.1. The van der Waals surface area contributed by atoms with Crippen molar-refractivity contribution in [3.05, 3.63) is 24.0 Å². The SMILES string of the molecule is CCC(N)Cc1ccn(COCC2CC2)c1. The van der Waals surface area contributed by atoms with Crippen molar-refractivity contribution in [2.75, 3.05) is 6.61 Å². The minimum absolute atomic E-state index is 0.281. The van der Waals surface area contributed by atoms with E-state index >= 15 is 0 Å². The Balaban J connectivity index is 1.72. The summed E-state index contributed by atoms with van der Waals surface area (Å²) in [6.45, 7) is 3.72. The van der Waals surface area contributed by atoms with Gasteiger partial charge in [0.2, 0.25) is 0 Å². The first-order chi connectivity index (χ1) is 7.78. The highest BCUT2D eigenvalue weighted by Gasteiger charge is 2.20. The Labute approximate surface area is 97.6 Å². The van der Waals surface area contributed by atoms with Crippen molar-refractivity contribution in [1.82, 2.24) is 4.57 Å². The first kappa shape index (κ1) is 11.7. The van der Waals surface area contributed by atoms with Gasteiger partial charge < -0.3 is 15.0 Å². The van der Waals surface area contributed by atoms with Gasteiger partial charge in [0.05, 0.1) is 6.61 Å². The van der Waals surface area contributed by atoms with Crippen LogP contribution in [0, 0.1) is 5.92 Å². The number of hydrogen-bond donors (Lipinski definition) is 1. The maximum atomic E-state index is 5.92. The van der Waals surface area contributed by atoms with Gasteiger partial charge in [-0.15, -0.1) is 0 Å². The molecule has 90 valence electrons. The van der Waals surface area contributed by atoms with Gasteiger partial charge in [0, 0.05) is 18.4 Å². The van der Waals surface area contributed by atoms with Crippen molar-refractivity contribution in [3.8, 4) is 0 Å². The Kier molecular flexibility index (Phi) is 4.02. The van der Waals surface area contributed by atoms with Gasteiger partial charge in [-0.3, -0.25) is 0 Å². The lowest BCUT2D eigenvalue weighted by Crippen LogP contribution is -2.21. The molecule has 0 aliphatic heterocycles. The van der Waals surface area contributed by atoms with E-state index < -0.39 is 0 Å². The van der Waals surface area contributed by atoms with E-state index in [9.17, 15) is 0 Å². The third-order valence-electron chi connectivity index (χ3n) is 3.12. The molecule has 0 saturated heterocycles. The summed E-state index contributed by atoms with van der Waals surface area (Å²) >= 11 is 0. The van der Waals surface area contributed by atoms with Crippen LogP contribution in [-0.4, -0.2) is 17.2 Å². The third kappa shape index (κ3) is 3.65. The minimum atomic E-state index is 0.281. The quantitative estimate of drug-likeness (QED) is 0.768. The van der Waals surface area contributed by atoms with Gasteiger partial charge in [-0.1, -0.05) is 6.92 Å². The normalized spacial score (nSPS) is 17.6. The van der Waals surface area contributed by atoms with E-state index in [0.29, 0.717) is 6.73 Å². The molecule has 0 radical (unpaired) electrons. The second kappa shape index (κ2) is 5.51. The molecule has 1 aromatic rings. The smallest absolute Gasteiger partial charge is 0.122 e. The molecule has 1 unspecified atom stereocenters. The van der Waals surface area contributed by atoms with Gasteiger partial charge in [-0.2, -0.15) is 0 Å². The predicted octanol–water partition coefficient (Wildman–Crippen LogP) is 2.15. The summed E-state index contributed by atoms with van der Waals surface area (Å²) in [4.78, 5) is 0. The van der Waals surface area contributed by atoms with E-state index in [-0.39, 0.29) is 6.04 Å². The van der Waals surface area contributed by atoms with E-state index in [1.54, 1.807) is 0 Å². The van der Waals surface area contributed by atoms with Gasteiger partial charge in [-0.25, -0.2) is 0 Å². The molecule has 0 aromatic carbocycles. The highest BCUT2D eigenvalue weighted by atomic mass is 16.5. The molecule has 1 saturated carbocycles. The first-order valence-corrected chi connectivity index (χ1v) is 6.26. The van der Waals surface area contributed by atoms with Crippen LogP contribution in [0.4, 0.5) is 0 Å². The average Bonchev–Trinajstić information content (AvgIpc) is 2.99. The molecule has 1 aliphatic rings. The molecule has 0 amide bonds. The zero-order chi connectivity index (χ0) is 11.4. The summed E-state index contributed by atoms with van der Waals surface area (Å²) in [6, 6.07) is 2.42. The van der Waals surface area contributed by atoms with E-state index in [0.717, 1.165) is 25.4 Å². The number of hydrogen-bond acceptors (Lipinski definition) is 2. The lowest BCUT2D eigenvalue weighted by Gasteiger charge is -2.06. The van der Waals surface area contributed by atoms with Crippen LogP contribution in [0.1, 0.15) is 31.7 Å². The summed E-state index contributed by atoms with van der Waals surface area (Å²) in [5.74, 6) is 0.837. The Morgan fingerprint density at radius 3 is 3.06 bits per heavy atom. The lowest BCUT2D eigenvalue weighted by atomic mass is 10.1. The van der Waals surface area contributed by atoms with E-state index in [4.69, 9.17) is 10.5 Å².